The van der Waals surface area contributed by atoms with Gasteiger partial charge in [-0.25, -0.2) is 0 Å². The Morgan fingerprint density at radius 3 is 2.91 bits per heavy atom. The molecule has 1 unspecified atom stereocenters. The largest absolute Gasteiger partial charge is 0.376 e. The van der Waals surface area contributed by atoms with Crippen molar-refractivity contribution in [2.45, 2.75) is 31.9 Å². The number of nitrogens with zero attached hydrogens (tertiary/aromatic N) is 2. The molecule has 22 heavy (non-hydrogen) atoms. The number of benzene rings is 1. The minimum absolute atomic E-state index is 0.193. The average Bonchev–Trinajstić information content (AvgIpc) is 3.10. The van der Waals surface area contributed by atoms with Crippen LogP contribution in [0.15, 0.2) is 36.5 Å². The van der Waals surface area contributed by atoms with Gasteiger partial charge in [0, 0.05) is 31.4 Å². The van der Waals surface area contributed by atoms with Crippen molar-refractivity contribution in [3.63, 3.8) is 0 Å². The SMILES string of the molecule is O=C(Cn1ccc2ccccc21)N1CCC(OCC2CC2)C1. The first-order valence-corrected chi connectivity index (χ1v) is 8.23. The van der Waals surface area contributed by atoms with Gasteiger partial charge in [-0.3, -0.25) is 4.79 Å². The first kappa shape index (κ1) is 13.8. The molecule has 2 heterocycles. The topological polar surface area (TPSA) is 34.5 Å². The quantitative estimate of drug-likeness (QED) is 0.850. The molecule has 4 heteroatoms. The van der Waals surface area contributed by atoms with Crippen LogP contribution in [-0.4, -0.2) is 41.2 Å². The predicted molar refractivity (Wildman–Crippen MR) is 85.6 cm³/mol. The van der Waals surface area contributed by atoms with Gasteiger partial charge < -0.3 is 14.2 Å². The van der Waals surface area contributed by atoms with E-state index >= 15 is 0 Å². The Morgan fingerprint density at radius 2 is 2.05 bits per heavy atom. The maximum Gasteiger partial charge on any atom is 0.242 e. The van der Waals surface area contributed by atoms with E-state index in [1.807, 2.05) is 27.8 Å². The molecule has 1 aliphatic heterocycles. The van der Waals surface area contributed by atoms with E-state index in [-0.39, 0.29) is 12.0 Å². The minimum Gasteiger partial charge on any atom is -0.376 e. The molecule has 0 radical (unpaired) electrons. The van der Waals surface area contributed by atoms with Gasteiger partial charge in [-0.15, -0.1) is 0 Å². The zero-order chi connectivity index (χ0) is 14.9. The maximum absolute atomic E-state index is 12.5. The summed E-state index contributed by atoms with van der Waals surface area (Å²) in [5, 5.41) is 1.18. The Labute approximate surface area is 130 Å². The molecule has 2 aliphatic rings. The van der Waals surface area contributed by atoms with Crippen LogP contribution in [0.1, 0.15) is 19.3 Å². The third-order valence-corrected chi connectivity index (χ3v) is 4.75. The van der Waals surface area contributed by atoms with Crippen molar-refractivity contribution in [3.05, 3.63) is 36.5 Å². The summed E-state index contributed by atoms with van der Waals surface area (Å²) in [7, 11) is 0. The van der Waals surface area contributed by atoms with E-state index in [0.29, 0.717) is 6.54 Å². The summed E-state index contributed by atoms with van der Waals surface area (Å²) in [5.74, 6) is 0.981. The zero-order valence-electron chi connectivity index (χ0n) is 12.8. The monoisotopic (exact) mass is 298 g/mol. The molecule has 1 aliphatic carbocycles. The summed E-state index contributed by atoms with van der Waals surface area (Å²) in [6.45, 7) is 2.88. The highest BCUT2D eigenvalue weighted by molar-refractivity contribution is 5.83. The Morgan fingerprint density at radius 1 is 1.18 bits per heavy atom. The summed E-state index contributed by atoms with van der Waals surface area (Å²) in [4.78, 5) is 14.5. The molecule has 1 aromatic carbocycles. The summed E-state index contributed by atoms with van der Waals surface area (Å²) in [6, 6.07) is 10.2. The molecule has 1 saturated carbocycles. The number of ether oxygens (including phenoxy) is 1. The predicted octanol–water partition coefficient (Wildman–Crippen LogP) is 2.67. The van der Waals surface area contributed by atoms with Crippen molar-refractivity contribution in [3.8, 4) is 0 Å². The number of carbonyl (C=O) groups excluding carboxylic acids is 1. The van der Waals surface area contributed by atoms with Crippen molar-refractivity contribution in [2.75, 3.05) is 19.7 Å². The number of para-hydroxylation sites is 1. The summed E-state index contributed by atoms with van der Waals surface area (Å²) < 4.78 is 7.95. The lowest BCUT2D eigenvalue weighted by Gasteiger charge is -2.17. The fourth-order valence-corrected chi connectivity index (χ4v) is 3.17. The molecule has 1 amide bonds. The van der Waals surface area contributed by atoms with Crippen molar-refractivity contribution in [1.82, 2.24) is 9.47 Å². The van der Waals surface area contributed by atoms with Gasteiger partial charge in [0.2, 0.25) is 5.91 Å². The number of amides is 1. The number of hydrogen-bond donors (Lipinski definition) is 0. The molecule has 1 atom stereocenters. The van der Waals surface area contributed by atoms with Crippen LogP contribution in [0.25, 0.3) is 10.9 Å². The third kappa shape index (κ3) is 2.88. The van der Waals surface area contributed by atoms with Gasteiger partial charge >= 0.3 is 0 Å². The lowest BCUT2D eigenvalue weighted by atomic mass is 10.2. The van der Waals surface area contributed by atoms with E-state index in [1.54, 1.807) is 0 Å². The van der Waals surface area contributed by atoms with Gasteiger partial charge in [0.15, 0.2) is 0 Å². The van der Waals surface area contributed by atoms with Crippen LogP contribution in [0.2, 0.25) is 0 Å². The first-order chi connectivity index (χ1) is 10.8. The molecule has 4 nitrogen and oxygen atoms in total. The molecule has 0 N–H and O–H groups in total. The van der Waals surface area contributed by atoms with Gasteiger partial charge in [0.05, 0.1) is 6.10 Å². The van der Waals surface area contributed by atoms with E-state index in [2.05, 4.69) is 18.2 Å². The van der Waals surface area contributed by atoms with Crippen LogP contribution >= 0.6 is 0 Å². The molecule has 1 saturated heterocycles. The second kappa shape index (κ2) is 5.76. The van der Waals surface area contributed by atoms with Crippen LogP contribution in [0.3, 0.4) is 0 Å². The summed E-state index contributed by atoms with van der Waals surface area (Å²) >= 11 is 0. The smallest absolute Gasteiger partial charge is 0.242 e. The van der Waals surface area contributed by atoms with E-state index in [9.17, 15) is 4.79 Å². The van der Waals surface area contributed by atoms with E-state index in [1.165, 1.54) is 18.2 Å². The maximum atomic E-state index is 12.5. The molecule has 0 spiro atoms. The lowest BCUT2D eigenvalue weighted by molar-refractivity contribution is -0.131. The number of likely N-dealkylation sites (tertiary alicyclic amines) is 1. The third-order valence-electron chi connectivity index (χ3n) is 4.75. The van der Waals surface area contributed by atoms with Gasteiger partial charge in [-0.2, -0.15) is 0 Å². The van der Waals surface area contributed by atoms with Crippen molar-refractivity contribution >= 4 is 16.8 Å². The van der Waals surface area contributed by atoms with Crippen molar-refractivity contribution < 1.29 is 9.53 Å². The Hall–Kier alpha value is -1.81. The number of hydrogen-bond acceptors (Lipinski definition) is 2. The molecular weight excluding hydrogens is 276 g/mol. The van der Waals surface area contributed by atoms with E-state index < -0.39 is 0 Å². The Bertz CT molecular complexity index is 675. The first-order valence-electron chi connectivity index (χ1n) is 8.23. The van der Waals surface area contributed by atoms with Crippen LogP contribution in [0.5, 0.6) is 0 Å². The highest BCUT2D eigenvalue weighted by atomic mass is 16.5. The van der Waals surface area contributed by atoms with Gasteiger partial charge in [-0.05, 0) is 42.7 Å². The van der Waals surface area contributed by atoms with Crippen LogP contribution in [0.4, 0.5) is 0 Å². The zero-order valence-corrected chi connectivity index (χ0v) is 12.8. The summed E-state index contributed by atoms with van der Waals surface area (Å²) in [5.41, 5.74) is 1.12. The highest BCUT2D eigenvalue weighted by Crippen LogP contribution is 2.30. The van der Waals surface area contributed by atoms with Gasteiger partial charge in [0.1, 0.15) is 6.54 Å². The highest BCUT2D eigenvalue weighted by Gasteiger charge is 2.29. The standard InChI is InChI=1S/C18H22N2O2/c21-18(12-19-9-7-15-3-1-2-4-17(15)19)20-10-8-16(11-20)22-13-14-5-6-14/h1-4,7,9,14,16H,5-6,8,10-13H2. The number of rotatable bonds is 5. The minimum atomic E-state index is 0.193. The molecule has 116 valence electrons. The fourth-order valence-electron chi connectivity index (χ4n) is 3.17. The molecular formula is C18H22N2O2. The fraction of sp³-hybridized carbons (Fsp3) is 0.500. The van der Waals surface area contributed by atoms with Crippen LogP contribution in [0, 0.1) is 5.92 Å². The van der Waals surface area contributed by atoms with Crippen molar-refractivity contribution in [1.29, 1.82) is 0 Å². The molecule has 0 bridgehead atoms. The second-order valence-corrected chi connectivity index (χ2v) is 6.53. The van der Waals surface area contributed by atoms with E-state index in [0.717, 1.165) is 37.6 Å². The molecule has 2 aromatic rings. The second-order valence-electron chi connectivity index (χ2n) is 6.53. The molecule has 1 aromatic heterocycles. The number of carbonyl (C=O) groups is 1. The number of aromatic nitrogens is 1. The molecule has 4 rings (SSSR count). The van der Waals surface area contributed by atoms with Crippen LogP contribution in [-0.2, 0) is 16.1 Å². The van der Waals surface area contributed by atoms with Crippen LogP contribution < -0.4 is 0 Å². The Balaban J connectivity index is 1.36. The number of fused-ring (bicyclic) bond motifs is 1. The average molecular weight is 298 g/mol. The normalized spacial score (nSPS) is 21.6. The van der Waals surface area contributed by atoms with Gasteiger partial charge in [0.25, 0.3) is 0 Å². The van der Waals surface area contributed by atoms with Crippen molar-refractivity contribution in [2.24, 2.45) is 5.92 Å². The van der Waals surface area contributed by atoms with E-state index in [4.69, 9.17) is 4.74 Å². The Kier molecular flexibility index (Phi) is 3.62. The van der Waals surface area contributed by atoms with Gasteiger partial charge in [-0.1, -0.05) is 18.2 Å². The summed E-state index contributed by atoms with van der Waals surface area (Å²) in [6.07, 6.45) is 5.85. The molecule has 2 fully saturated rings. The lowest BCUT2D eigenvalue weighted by Crippen LogP contribution is -2.33.